The lowest BCUT2D eigenvalue weighted by atomic mass is 10.1. The first-order valence-electron chi connectivity index (χ1n) is 9.22. The molecular formula is C22H22FN3O4. The molecule has 0 unspecified atom stereocenters. The molecule has 0 aliphatic heterocycles. The lowest BCUT2D eigenvalue weighted by Gasteiger charge is -2.17. The van der Waals surface area contributed by atoms with Gasteiger partial charge in [0.15, 0.2) is 6.10 Å². The summed E-state index contributed by atoms with van der Waals surface area (Å²) in [5.41, 5.74) is 1.73. The van der Waals surface area contributed by atoms with Gasteiger partial charge in [0.05, 0.1) is 12.8 Å². The van der Waals surface area contributed by atoms with Crippen molar-refractivity contribution in [2.24, 2.45) is 0 Å². The van der Waals surface area contributed by atoms with E-state index in [4.69, 9.17) is 9.47 Å². The minimum Gasteiger partial charge on any atom is -0.497 e. The normalized spacial score (nSPS) is 11.6. The molecule has 0 saturated heterocycles. The summed E-state index contributed by atoms with van der Waals surface area (Å²) < 4.78 is 25.4. The van der Waals surface area contributed by atoms with E-state index < -0.39 is 12.1 Å². The largest absolute Gasteiger partial charge is 0.497 e. The van der Waals surface area contributed by atoms with Gasteiger partial charge in [0, 0.05) is 25.9 Å². The van der Waals surface area contributed by atoms with Crippen LogP contribution in [0.5, 0.6) is 5.75 Å². The second-order valence-corrected chi connectivity index (χ2v) is 6.82. The third kappa shape index (κ3) is 4.48. The van der Waals surface area contributed by atoms with Crippen molar-refractivity contribution in [2.75, 3.05) is 21.2 Å². The van der Waals surface area contributed by atoms with Crippen LogP contribution in [-0.4, -0.2) is 53.9 Å². The minimum absolute atomic E-state index is 0.172. The third-order valence-electron chi connectivity index (χ3n) is 4.44. The Balaban J connectivity index is 2.04. The first-order chi connectivity index (χ1) is 14.3. The molecule has 0 bridgehead atoms. The van der Waals surface area contributed by atoms with Gasteiger partial charge in [-0.2, -0.15) is 5.10 Å². The van der Waals surface area contributed by atoms with Crippen molar-refractivity contribution in [3.8, 4) is 22.7 Å². The van der Waals surface area contributed by atoms with Gasteiger partial charge >= 0.3 is 5.97 Å². The van der Waals surface area contributed by atoms with Crippen LogP contribution in [0.3, 0.4) is 0 Å². The molecule has 7 nitrogen and oxygen atoms in total. The summed E-state index contributed by atoms with van der Waals surface area (Å²) in [7, 11) is 4.71. The van der Waals surface area contributed by atoms with Crippen molar-refractivity contribution in [1.82, 2.24) is 14.7 Å². The number of hydrogen-bond donors (Lipinski definition) is 0. The molecule has 1 heterocycles. The lowest BCUT2D eigenvalue weighted by molar-refractivity contribution is -0.137. The number of esters is 1. The number of hydrogen-bond acceptors (Lipinski definition) is 5. The Kier molecular flexibility index (Phi) is 6.15. The van der Waals surface area contributed by atoms with E-state index in [2.05, 4.69) is 5.10 Å². The summed E-state index contributed by atoms with van der Waals surface area (Å²) in [6, 6.07) is 12.8. The molecule has 0 aliphatic carbocycles. The molecule has 30 heavy (non-hydrogen) atoms. The quantitative estimate of drug-likeness (QED) is 0.582. The van der Waals surface area contributed by atoms with E-state index in [0.29, 0.717) is 22.7 Å². The Hall–Kier alpha value is -3.68. The number of halogens is 1. The molecule has 1 aromatic heterocycles. The van der Waals surface area contributed by atoms with Gasteiger partial charge in [0.2, 0.25) is 0 Å². The second kappa shape index (κ2) is 8.77. The van der Waals surface area contributed by atoms with E-state index in [1.165, 1.54) is 34.8 Å². The molecule has 0 spiro atoms. The fraction of sp³-hybridized carbons (Fsp3) is 0.227. The highest BCUT2D eigenvalue weighted by Gasteiger charge is 2.25. The number of likely N-dealkylation sites (N-methyl/N-ethyl adjacent to an activating group) is 1. The van der Waals surface area contributed by atoms with Gasteiger partial charge in [-0.15, -0.1) is 0 Å². The van der Waals surface area contributed by atoms with Crippen LogP contribution in [0.2, 0.25) is 0 Å². The maximum atomic E-state index is 13.3. The first kappa shape index (κ1) is 21.0. The highest BCUT2D eigenvalue weighted by molar-refractivity contribution is 5.97. The molecule has 0 fully saturated rings. The molecule has 8 heteroatoms. The summed E-state index contributed by atoms with van der Waals surface area (Å²) in [5.74, 6) is -0.810. The predicted octanol–water partition coefficient (Wildman–Crippen LogP) is 3.32. The second-order valence-electron chi connectivity index (χ2n) is 6.82. The van der Waals surface area contributed by atoms with Gasteiger partial charge in [-0.1, -0.05) is 12.1 Å². The fourth-order valence-corrected chi connectivity index (χ4v) is 2.87. The molecule has 0 saturated carbocycles. The van der Waals surface area contributed by atoms with E-state index in [-0.39, 0.29) is 17.3 Å². The van der Waals surface area contributed by atoms with Crippen molar-refractivity contribution in [3.63, 3.8) is 0 Å². The number of benzene rings is 2. The standard InChI is InChI=1S/C22H22FN3O4/c1-14(21(27)25(2)3)30-22(28)19-13-26(17-10-8-16(23)9-11-17)24-20(19)15-6-5-7-18(12-15)29-4/h5-14H,1-4H3/t14-/m1/s1. The van der Waals surface area contributed by atoms with Crippen molar-refractivity contribution in [3.05, 3.63) is 66.1 Å². The van der Waals surface area contributed by atoms with Crippen LogP contribution in [0.25, 0.3) is 16.9 Å². The van der Waals surface area contributed by atoms with Gasteiger partial charge in [0.25, 0.3) is 5.91 Å². The summed E-state index contributed by atoms with van der Waals surface area (Å²) in [6.45, 7) is 1.51. The monoisotopic (exact) mass is 411 g/mol. The first-order valence-corrected chi connectivity index (χ1v) is 9.22. The number of ether oxygens (including phenoxy) is 2. The number of amides is 1. The van der Waals surface area contributed by atoms with Gasteiger partial charge in [0.1, 0.15) is 22.8 Å². The van der Waals surface area contributed by atoms with Crippen molar-refractivity contribution >= 4 is 11.9 Å². The number of rotatable bonds is 6. The van der Waals surface area contributed by atoms with E-state index in [0.717, 1.165) is 0 Å². The SMILES string of the molecule is COc1cccc(-c2nn(-c3ccc(F)cc3)cc2C(=O)O[C@H](C)C(=O)N(C)C)c1. The zero-order valence-electron chi connectivity index (χ0n) is 17.1. The average molecular weight is 411 g/mol. The summed E-state index contributed by atoms with van der Waals surface area (Å²) >= 11 is 0. The summed E-state index contributed by atoms with van der Waals surface area (Å²) in [5, 5.41) is 4.51. The van der Waals surface area contributed by atoms with Crippen molar-refractivity contribution < 1.29 is 23.5 Å². The minimum atomic E-state index is -0.958. The van der Waals surface area contributed by atoms with Crippen molar-refractivity contribution in [1.29, 1.82) is 0 Å². The zero-order chi connectivity index (χ0) is 21.8. The summed E-state index contributed by atoms with van der Waals surface area (Å²) in [4.78, 5) is 26.3. The Bertz CT molecular complexity index is 1060. The van der Waals surface area contributed by atoms with Gasteiger partial charge in [-0.05, 0) is 43.3 Å². The Morgan fingerprint density at radius 3 is 2.47 bits per heavy atom. The molecule has 3 rings (SSSR count). The van der Waals surface area contributed by atoms with Crippen LogP contribution in [0, 0.1) is 5.82 Å². The number of carbonyl (C=O) groups is 2. The number of nitrogens with zero attached hydrogens (tertiary/aromatic N) is 3. The molecule has 0 aliphatic rings. The van der Waals surface area contributed by atoms with E-state index in [9.17, 15) is 14.0 Å². The molecular weight excluding hydrogens is 389 g/mol. The third-order valence-corrected chi connectivity index (χ3v) is 4.44. The maximum absolute atomic E-state index is 13.3. The topological polar surface area (TPSA) is 73.7 Å². The van der Waals surface area contributed by atoms with Gasteiger partial charge in [-0.3, -0.25) is 4.79 Å². The molecule has 2 aromatic carbocycles. The number of aromatic nitrogens is 2. The smallest absolute Gasteiger partial charge is 0.342 e. The van der Waals surface area contributed by atoms with Crippen LogP contribution in [0.1, 0.15) is 17.3 Å². The molecule has 156 valence electrons. The molecule has 3 aromatic rings. The van der Waals surface area contributed by atoms with E-state index >= 15 is 0 Å². The lowest BCUT2D eigenvalue weighted by Crippen LogP contribution is -2.34. The van der Waals surface area contributed by atoms with Crippen LogP contribution < -0.4 is 4.74 Å². The number of methoxy groups -OCH3 is 1. The summed E-state index contributed by atoms with van der Waals surface area (Å²) in [6.07, 6.45) is 0.539. The molecule has 0 N–H and O–H groups in total. The van der Waals surface area contributed by atoms with E-state index in [1.807, 2.05) is 0 Å². The Labute approximate surface area is 173 Å². The van der Waals surface area contributed by atoms with Crippen LogP contribution >= 0.6 is 0 Å². The van der Waals surface area contributed by atoms with Crippen LogP contribution in [-0.2, 0) is 9.53 Å². The number of carbonyl (C=O) groups excluding carboxylic acids is 2. The van der Waals surface area contributed by atoms with Crippen LogP contribution in [0.4, 0.5) is 4.39 Å². The molecule has 1 atom stereocenters. The Morgan fingerprint density at radius 1 is 1.13 bits per heavy atom. The highest BCUT2D eigenvalue weighted by Crippen LogP contribution is 2.28. The molecule has 1 amide bonds. The predicted molar refractivity (Wildman–Crippen MR) is 109 cm³/mol. The maximum Gasteiger partial charge on any atom is 0.342 e. The average Bonchev–Trinajstić information content (AvgIpc) is 3.19. The zero-order valence-corrected chi connectivity index (χ0v) is 17.1. The Morgan fingerprint density at radius 2 is 1.83 bits per heavy atom. The van der Waals surface area contributed by atoms with E-state index in [1.54, 1.807) is 57.6 Å². The van der Waals surface area contributed by atoms with Crippen LogP contribution in [0.15, 0.2) is 54.7 Å². The van der Waals surface area contributed by atoms with Gasteiger partial charge in [-0.25, -0.2) is 13.9 Å². The van der Waals surface area contributed by atoms with Gasteiger partial charge < -0.3 is 14.4 Å². The highest BCUT2D eigenvalue weighted by atomic mass is 19.1. The molecule has 0 radical (unpaired) electrons. The van der Waals surface area contributed by atoms with Crippen molar-refractivity contribution in [2.45, 2.75) is 13.0 Å². The fourth-order valence-electron chi connectivity index (χ4n) is 2.87.